The fraction of sp³-hybridized carbons (Fsp3) is 0.611. The van der Waals surface area contributed by atoms with Gasteiger partial charge in [-0.1, -0.05) is 33.6 Å². The average molecular weight is 346 g/mol. The fourth-order valence-electron chi connectivity index (χ4n) is 3.62. The molecule has 1 aliphatic rings. The Morgan fingerprint density at radius 2 is 2.08 bits per heavy atom. The Kier molecular flexibility index (Phi) is 4.76. The highest BCUT2D eigenvalue weighted by molar-refractivity contribution is 7.13. The van der Waals surface area contributed by atoms with Crippen LogP contribution in [0.3, 0.4) is 0 Å². The Balaban J connectivity index is 1.71. The van der Waals surface area contributed by atoms with Gasteiger partial charge in [0, 0.05) is 30.2 Å². The van der Waals surface area contributed by atoms with Crippen LogP contribution in [0.1, 0.15) is 56.9 Å². The van der Waals surface area contributed by atoms with Gasteiger partial charge in [0.2, 0.25) is 0 Å². The van der Waals surface area contributed by atoms with Crippen molar-refractivity contribution in [1.82, 2.24) is 20.1 Å². The lowest BCUT2D eigenvalue weighted by molar-refractivity contribution is 0.0826. The molecule has 0 radical (unpaired) electrons. The molecule has 0 saturated heterocycles. The minimum atomic E-state index is -0.0532. The maximum Gasteiger partial charge on any atom is 0.271 e. The molecule has 0 unspecified atom stereocenters. The number of rotatable bonds is 3. The van der Waals surface area contributed by atoms with E-state index in [2.05, 4.69) is 36.2 Å². The lowest BCUT2D eigenvalue weighted by atomic mass is 9.69. The van der Waals surface area contributed by atoms with Crippen molar-refractivity contribution in [3.05, 3.63) is 23.5 Å². The van der Waals surface area contributed by atoms with Crippen LogP contribution in [0.2, 0.25) is 0 Å². The second-order valence-electron chi connectivity index (χ2n) is 7.78. The Hall–Kier alpha value is -1.69. The third kappa shape index (κ3) is 3.69. The van der Waals surface area contributed by atoms with E-state index in [9.17, 15) is 4.79 Å². The van der Waals surface area contributed by atoms with Crippen LogP contribution < -0.4 is 5.32 Å². The molecule has 2 heterocycles. The zero-order valence-electron chi connectivity index (χ0n) is 14.9. The number of aromatic nitrogens is 3. The monoisotopic (exact) mass is 346 g/mol. The molecule has 1 saturated carbocycles. The normalized spacial score (nSPS) is 21.7. The summed E-state index contributed by atoms with van der Waals surface area (Å²) in [7, 11) is 1.88. The topological polar surface area (TPSA) is 59.8 Å². The Morgan fingerprint density at radius 1 is 1.33 bits per heavy atom. The number of nitrogens with zero attached hydrogens (tertiary/aromatic N) is 3. The van der Waals surface area contributed by atoms with Crippen molar-refractivity contribution in [2.24, 2.45) is 18.4 Å². The summed E-state index contributed by atoms with van der Waals surface area (Å²) in [5, 5.41) is 10.1. The summed E-state index contributed by atoms with van der Waals surface area (Å²) in [6.07, 6.45) is 8.39. The number of carbonyl (C=O) groups excluding carboxylic acids is 1. The summed E-state index contributed by atoms with van der Waals surface area (Å²) in [4.78, 5) is 17.1. The van der Waals surface area contributed by atoms with E-state index >= 15 is 0 Å². The predicted molar refractivity (Wildman–Crippen MR) is 97.0 cm³/mol. The predicted octanol–water partition coefficient (Wildman–Crippen LogP) is 3.88. The smallest absolute Gasteiger partial charge is 0.271 e. The number of nitrogens with one attached hydrogen (secondary N) is 1. The van der Waals surface area contributed by atoms with Crippen molar-refractivity contribution in [3.63, 3.8) is 0 Å². The molecule has 130 valence electrons. The van der Waals surface area contributed by atoms with Gasteiger partial charge in [0.1, 0.15) is 10.7 Å². The molecular weight excluding hydrogens is 320 g/mol. The van der Waals surface area contributed by atoms with Crippen molar-refractivity contribution in [2.45, 2.75) is 52.5 Å². The van der Waals surface area contributed by atoms with Crippen LogP contribution in [0.25, 0.3) is 10.6 Å². The van der Waals surface area contributed by atoms with Gasteiger partial charge >= 0.3 is 0 Å². The molecule has 2 aromatic rings. The molecule has 6 heteroatoms. The highest BCUT2D eigenvalue weighted by atomic mass is 32.1. The van der Waals surface area contributed by atoms with Crippen molar-refractivity contribution >= 4 is 17.2 Å². The van der Waals surface area contributed by atoms with E-state index in [4.69, 9.17) is 0 Å². The standard InChI is InChI=1S/C18H26N4OS/c1-18(2,3)13-7-5-6-8-14(13)20-16(23)15-11-24-17(21-15)12-9-19-22(4)10-12/h9-11,13-14H,5-8H2,1-4H3,(H,20,23)/t13-,14+/m0/s1. The van der Waals surface area contributed by atoms with Gasteiger partial charge in [-0.15, -0.1) is 11.3 Å². The molecular formula is C18H26N4OS. The summed E-state index contributed by atoms with van der Waals surface area (Å²) in [5.41, 5.74) is 1.67. The van der Waals surface area contributed by atoms with Crippen molar-refractivity contribution in [2.75, 3.05) is 0 Å². The molecule has 1 fully saturated rings. The van der Waals surface area contributed by atoms with Gasteiger partial charge in [-0.2, -0.15) is 5.10 Å². The van der Waals surface area contributed by atoms with E-state index in [0.717, 1.165) is 17.0 Å². The quantitative estimate of drug-likeness (QED) is 0.917. The van der Waals surface area contributed by atoms with Gasteiger partial charge in [-0.05, 0) is 24.2 Å². The SMILES string of the molecule is Cn1cc(-c2nc(C(=O)N[C@@H]3CCCC[C@@H]3C(C)(C)C)cs2)cn1. The van der Waals surface area contributed by atoms with Gasteiger partial charge in [0.05, 0.1) is 6.20 Å². The number of carbonyl (C=O) groups is 1. The minimum Gasteiger partial charge on any atom is -0.348 e. The summed E-state index contributed by atoms with van der Waals surface area (Å²) < 4.78 is 1.74. The maximum atomic E-state index is 12.6. The lowest BCUT2D eigenvalue weighted by Crippen LogP contribution is -2.46. The number of amides is 1. The first-order valence-corrected chi connectivity index (χ1v) is 9.48. The van der Waals surface area contributed by atoms with Gasteiger partial charge in [0.25, 0.3) is 5.91 Å². The summed E-state index contributed by atoms with van der Waals surface area (Å²) in [5.74, 6) is 0.467. The molecule has 0 spiro atoms. The van der Waals surface area contributed by atoms with Crippen LogP contribution >= 0.6 is 11.3 Å². The van der Waals surface area contributed by atoms with E-state index in [0.29, 0.717) is 11.6 Å². The van der Waals surface area contributed by atoms with E-state index in [1.807, 2.05) is 18.6 Å². The van der Waals surface area contributed by atoms with Crippen LogP contribution in [0, 0.1) is 11.3 Å². The van der Waals surface area contributed by atoms with E-state index in [1.165, 1.54) is 30.6 Å². The molecule has 0 bridgehead atoms. The summed E-state index contributed by atoms with van der Waals surface area (Å²) in [6.45, 7) is 6.81. The van der Waals surface area contributed by atoms with E-state index < -0.39 is 0 Å². The summed E-state index contributed by atoms with van der Waals surface area (Å²) >= 11 is 1.49. The van der Waals surface area contributed by atoms with Crippen LogP contribution in [0.4, 0.5) is 0 Å². The molecule has 0 aliphatic heterocycles. The molecule has 1 amide bonds. The third-order valence-electron chi connectivity index (χ3n) is 4.88. The Morgan fingerprint density at radius 3 is 2.75 bits per heavy atom. The van der Waals surface area contributed by atoms with Gasteiger partial charge in [0.15, 0.2) is 0 Å². The Bertz CT molecular complexity index is 713. The number of aryl methyl sites for hydroxylation is 1. The first kappa shape index (κ1) is 17.1. The molecule has 5 nitrogen and oxygen atoms in total. The summed E-state index contributed by atoms with van der Waals surface area (Å²) in [6, 6.07) is 0.245. The number of hydrogen-bond donors (Lipinski definition) is 1. The van der Waals surface area contributed by atoms with E-state index in [1.54, 1.807) is 10.9 Å². The second kappa shape index (κ2) is 6.67. The van der Waals surface area contributed by atoms with Crippen molar-refractivity contribution < 1.29 is 4.79 Å². The lowest BCUT2D eigenvalue weighted by Gasteiger charge is -2.40. The van der Waals surface area contributed by atoms with Crippen molar-refractivity contribution in [1.29, 1.82) is 0 Å². The van der Waals surface area contributed by atoms with Crippen molar-refractivity contribution in [3.8, 4) is 10.6 Å². The molecule has 1 aliphatic carbocycles. The average Bonchev–Trinajstić information content (AvgIpc) is 3.15. The fourth-order valence-corrected chi connectivity index (χ4v) is 4.40. The van der Waals surface area contributed by atoms with Gasteiger partial charge in [-0.3, -0.25) is 9.48 Å². The first-order chi connectivity index (χ1) is 11.3. The largest absolute Gasteiger partial charge is 0.348 e. The highest BCUT2D eigenvalue weighted by Gasteiger charge is 2.35. The van der Waals surface area contributed by atoms with Gasteiger partial charge < -0.3 is 5.32 Å². The third-order valence-corrected chi connectivity index (χ3v) is 5.77. The Labute approximate surface area is 147 Å². The van der Waals surface area contributed by atoms with Gasteiger partial charge in [-0.25, -0.2) is 4.98 Å². The number of hydrogen-bond acceptors (Lipinski definition) is 4. The van der Waals surface area contributed by atoms with Crippen LogP contribution in [0.5, 0.6) is 0 Å². The molecule has 3 rings (SSSR count). The highest BCUT2D eigenvalue weighted by Crippen LogP contribution is 2.38. The van der Waals surface area contributed by atoms with Crippen LogP contribution in [-0.2, 0) is 7.05 Å². The van der Waals surface area contributed by atoms with E-state index in [-0.39, 0.29) is 17.4 Å². The molecule has 0 aromatic carbocycles. The molecule has 24 heavy (non-hydrogen) atoms. The molecule has 2 aromatic heterocycles. The minimum absolute atomic E-state index is 0.0532. The zero-order valence-corrected chi connectivity index (χ0v) is 15.7. The molecule has 2 atom stereocenters. The number of thiazole rings is 1. The molecule has 1 N–H and O–H groups in total. The van der Waals surface area contributed by atoms with Crippen LogP contribution in [-0.4, -0.2) is 26.7 Å². The zero-order chi connectivity index (χ0) is 17.3. The maximum absolute atomic E-state index is 12.6. The second-order valence-corrected chi connectivity index (χ2v) is 8.64. The van der Waals surface area contributed by atoms with Crippen LogP contribution in [0.15, 0.2) is 17.8 Å². The first-order valence-electron chi connectivity index (χ1n) is 8.60.